The molecule has 0 atom stereocenters. The summed E-state index contributed by atoms with van der Waals surface area (Å²) in [5.41, 5.74) is 5.84. The van der Waals surface area contributed by atoms with Gasteiger partial charge in [0, 0.05) is 4.88 Å². The molecule has 3 nitrogen and oxygen atoms in total. The van der Waals surface area contributed by atoms with Crippen molar-refractivity contribution in [2.24, 2.45) is 5.10 Å². The number of hydrogen-bond donors (Lipinski definition) is 1. The molecule has 1 N–H and O–H groups in total. The van der Waals surface area contributed by atoms with E-state index in [1.165, 1.54) is 5.56 Å². The van der Waals surface area contributed by atoms with Crippen molar-refractivity contribution < 1.29 is 4.79 Å². The molecule has 0 unspecified atom stereocenters. The number of thiophene rings is 1. The third-order valence-corrected chi connectivity index (χ3v) is 4.21. The number of amides is 1. The lowest BCUT2D eigenvalue weighted by molar-refractivity contribution is -0.120. The standard InChI is InChI=1S/C19H16N2OS/c22-19(13-18-7-4-12-23-18)21-20-14-15-8-10-17(11-9-15)16-5-2-1-3-6-16/h1-12,14H,13H2,(H,21,22)/b20-14+. The molecule has 0 fully saturated rings. The van der Waals surface area contributed by atoms with Gasteiger partial charge >= 0.3 is 0 Å². The van der Waals surface area contributed by atoms with Crippen LogP contribution in [0.3, 0.4) is 0 Å². The molecule has 2 aromatic carbocycles. The Morgan fingerprint density at radius 2 is 1.70 bits per heavy atom. The molecule has 114 valence electrons. The molecule has 0 aliphatic heterocycles. The number of hydrazone groups is 1. The molecule has 0 saturated carbocycles. The second-order valence-electron chi connectivity index (χ2n) is 5.04. The molecule has 0 saturated heterocycles. The summed E-state index contributed by atoms with van der Waals surface area (Å²) in [4.78, 5) is 12.8. The van der Waals surface area contributed by atoms with Crippen LogP contribution in [0.2, 0.25) is 0 Å². The molecule has 3 rings (SSSR count). The van der Waals surface area contributed by atoms with Crippen LogP contribution in [0, 0.1) is 0 Å². The molecule has 1 amide bonds. The van der Waals surface area contributed by atoms with Crippen molar-refractivity contribution in [3.05, 3.63) is 82.6 Å². The highest BCUT2D eigenvalue weighted by Gasteiger charge is 2.02. The zero-order valence-corrected chi connectivity index (χ0v) is 13.3. The Morgan fingerprint density at radius 3 is 2.39 bits per heavy atom. The lowest BCUT2D eigenvalue weighted by atomic mass is 10.0. The van der Waals surface area contributed by atoms with Gasteiger partial charge in [-0.3, -0.25) is 4.79 Å². The van der Waals surface area contributed by atoms with Crippen molar-refractivity contribution in [2.75, 3.05) is 0 Å². The number of nitrogens with one attached hydrogen (secondary N) is 1. The first-order valence-electron chi connectivity index (χ1n) is 7.31. The van der Waals surface area contributed by atoms with Gasteiger partial charge in [0.05, 0.1) is 12.6 Å². The Morgan fingerprint density at radius 1 is 0.957 bits per heavy atom. The van der Waals surface area contributed by atoms with Gasteiger partial charge in [0.25, 0.3) is 0 Å². The Labute approximate surface area is 139 Å². The van der Waals surface area contributed by atoms with Crippen LogP contribution in [0.4, 0.5) is 0 Å². The molecular formula is C19H16N2OS. The first kappa shape index (κ1) is 15.2. The SMILES string of the molecule is O=C(Cc1cccs1)N/N=C/c1ccc(-c2ccccc2)cc1. The average Bonchev–Trinajstić information content (AvgIpc) is 3.09. The summed E-state index contributed by atoms with van der Waals surface area (Å²) in [6.07, 6.45) is 2.02. The fourth-order valence-electron chi connectivity index (χ4n) is 2.18. The fourth-order valence-corrected chi connectivity index (χ4v) is 2.89. The summed E-state index contributed by atoms with van der Waals surface area (Å²) in [6.45, 7) is 0. The van der Waals surface area contributed by atoms with E-state index in [2.05, 4.69) is 22.7 Å². The van der Waals surface area contributed by atoms with Crippen LogP contribution in [-0.2, 0) is 11.2 Å². The molecule has 23 heavy (non-hydrogen) atoms. The van der Waals surface area contributed by atoms with Gasteiger partial charge < -0.3 is 0 Å². The zero-order chi connectivity index (χ0) is 15.9. The van der Waals surface area contributed by atoms with Crippen molar-refractivity contribution in [1.82, 2.24) is 5.43 Å². The monoisotopic (exact) mass is 320 g/mol. The number of nitrogens with zero attached hydrogens (tertiary/aromatic N) is 1. The molecule has 1 aromatic heterocycles. The number of benzene rings is 2. The Hall–Kier alpha value is -2.72. The molecule has 1 heterocycles. The smallest absolute Gasteiger partial charge is 0.245 e. The second-order valence-corrected chi connectivity index (χ2v) is 6.07. The maximum absolute atomic E-state index is 11.7. The number of carbonyl (C=O) groups is 1. The third-order valence-electron chi connectivity index (χ3n) is 3.34. The first-order chi connectivity index (χ1) is 11.3. The Balaban J connectivity index is 1.57. The molecule has 0 aliphatic carbocycles. The van der Waals surface area contributed by atoms with Crippen LogP contribution in [0.1, 0.15) is 10.4 Å². The number of hydrogen-bond acceptors (Lipinski definition) is 3. The minimum Gasteiger partial charge on any atom is -0.273 e. The third kappa shape index (κ3) is 4.37. The van der Waals surface area contributed by atoms with Crippen molar-refractivity contribution in [3.8, 4) is 11.1 Å². The van der Waals surface area contributed by atoms with E-state index in [1.807, 2.05) is 60.0 Å². The number of rotatable bonds is 5. The van der Waals surface area contributed by atoms with Crippen molar-refractivity contribution in [1.29, 1.82) is 0 Å². The van der Waals surface area contributed by atoms with Crippen LogP contribution < -0.4 is 5.43 Å². The molecule has 0 bridgehead atoms. The topological polar surface area (TPSA) is 41.5 Å². The minimum atomic E-state index is -0.107. The van der Waals surface area contributed by atoms with E-state index in [4.69, 9.17) is 0 Å². The summed E-state index contributed by atoms with van der Waals surface area (Å²) in [6, 6.07) is 22.1. The largest absolute Gasteiger partial charge is 0.273 e. The van der Waals surface area contributed by atoms with Crippen LogP contribution in [0.15, 0.2) is 77.2 Å². The lowest BCUT2D eigenvalue weighted by Crippen LogP contribution is -2.19. The van der Waals surface area contributed by atoms with E-state index in [9.17, 15) is 4.79 Å². The van der Waals surface area contributed by atoms with Gasteiger partial charge in [-0.05, 0) is 28.1 Å². The van der Waals surface area contributed by atoms with Crippen LogP contribution >= 0.6 is 11.3 Å². The van der Waals surface area contributed by atoms with Gasteiger partial charge in [0.2, 0.25) is 5.91 Å². The van der Waals surface area contributed by atoms with E-state index in [1.54, 1.807) is 17.6 Å². The van der Waals surface area contributed by atoms with Gasteiger partial charge in [-0.15, -0.1) is 11.3 Å². The summed E-state index contributed by atoms with van der Waals surface area (Å²) >= 11 is 1.57. The average molecular weight is 320 g/mol. The second kappa shape index (κ2) is 7.51. The van der Waals surface area contributed by atoms with Crippen molar-refractivity contribution in [2.45, 2.75) is 6.42 Å². The van der Waals surface area contributed by atoms with Crippen LogP contribution in [-0.4, -0.2) is 12.1 Å². The first-order valence-corrected chi connectivity index (χ1v) is 8.19. The normalized spacial score (nSPS) is 10.8. The van der Waals surface area contributed by atoms with E-state index in [-0.39, 0.29) is 5.91 Å². The molecule has 0 aliphatic rings. The molecule has 0 spiro atoms. The van der Waals surface area contributed by atoms with E-state index >= 15 is 0 Å². The van der Waals surface area contributed by atoms with Crippen molar-refractivity contribution >= 4 is 23.5 Å². The summed E-state index contributed by atoms with van der Waals surface area (Å²) in [5, 5.41) is 5.96. The molecule has 0 radical (unpaired) electrons. The quantitative estimate of drug-likeness (QED) is 0.558. The maximum atomic E-state index is 11.7. The van der Waals surface area contributed by atoms with E-state index in [0.29, 0.717) is 6.42 Å². The fraction of sp³-hybridized carbons (Fsp3) is 0.0526. The van der Waals surface area contributed by atoms with Gasteiger partial charge in [0.1, 0.15) is 0 Å². The lowest BCUT2D eigenvalue weighted by Gasteiger charge is -2.02. The summed E-state index contributed by atoms with van der Waals surface area (Å²) in [5.74, 6) is -0.107. The van der Waals surface area contributed by atoms with Gasteiger partial charge in [-0.2, -0.15) is 5.10 Å². The molecular weight excluding hydrogens is 304 g/mol. The van der Waals surface area contributed by atoms with E-state index < -0.39 is 0 Å². The highest BCUT2D eigenvalue weighted by molar-refractivity contribution is 7.10. The minimum absolute atomic E-state index is 0.107. The summed E-state index contributed by atoms with van der Waals surface area (Å²) < 4.78 is 0. The van der Waals surface area contributed by atoms with Gasteiger partial charge in [0.15, 0.2) is 0 Å². The van der Waals surface area contributed by atoms with Crippen LogP contribution in [0.25, 0.3) is 11.1 Å². The van der Waals surface area contributed by atoms with E-state index in [0.717, 1.165) is 16.0 Å². The summed E-state index contributed by atoms with van der Waals surface area (Å²) in [7, 11) is 0. The zero-order valence-electron chi connectivity index (χ0n) is 12.5. The Kier molecular flexibility index (Phi) is 4.96. The van der Waals surface area contributed by atoms with Crippen molar-refractivity contribution in [3.63, 3.8) is 0 Å². The number of carbonyl (C=O) groups excluding carboxylic acids is 1. The predicted octanol–water partition coefficient (Wildman–Crippen LogP) is 4.11. The highest BCUT2D eigenvalue weighted by atomic mass is 32.1. The van der Waals surface area contributed by atoms with Gasteiger partial charge in [-0.25, -0.2) is 5.43 Å². The highest BCUT2D eigenvalue weighted by Crippen LogP contribution is 2.18. The van der Waals surface area contributed by atoms with Gasteiger partial charge in [-0.1, -0.05) is 60.7 Å². The molecule has 4 heteroatoms. The Bertz CT molecular complexity index is 778. The maximum Gasteiger partial charge on any atom is 0.245 e. The molecule has 3 aromatic rings. The predicted molar refractivity (Wildman–Crippen MR) is 95.6 cm³/mol. The van der Waals surface area contributed by atoms with Crippen LogP contribution in [0.5, 0.6) is 0 Å².